The Kier molecular flexibility index (Phi) is 10.4. The number of likely N-dealkylation sites (N-methyl/N-ethyl adjacent to an activating group) is 1. The van der Waals surface area contributed by atoms with Crippen molar-refractivity contribution in [3.05, 3.63) is 60.6 Å². The number of benzene rings is 2. The van der Waals surface area contributed by atoms with Gasteiger partial charge in [0.25, 0.3) is 0 Å². The molecule has 2 N–H and O–H groups in total. The Balaban J connectivity index is 1.28. The van der Waals surface area contributed by atoms with E-state index in [9.17, 15) is 8.42 Å². The number of rotatable bonds is 11. The van der Waals surface area contributed by atoms with Gasteiger partial charge in [-0.2, -0.15) is 4.98 Å². The summed E-state index contributed by atoms with van der Waals surface area (Å²) in [5, 5.41) is 6.71. The van der Waals surface area contributed by atoms with Crippen molar-refractivity contribution in [2.75, 3.05) is 86.6 Å². The van der Waals surface area contributed by atoms with Gasteiger partial charge in [0, 0.05) is 88.3 Å². The van der Waals surface area contributed by atoms with E-state index in [1.165, 1.54) is 28.8 Å². The van der Waals surface area contributed by atoms with Crippen LogP contribution in [0.2, 0.25) is 0 Å². The maximum atomic E-state index is 12.7. The number of hydrogen-bond donors (Lipinski definition) is 2. The first-order valence-electron chi connectivity index (χ1n) is 17.1. The standard InChI is InChI=1S/C36H48N10O3S/c1-8-25-23-39-36(42-35(25)40-29-10-9-28-33(38-14-13-37-28)34(29)44(5)50(7,47)48)41-30-21-27(24(2)3)31(22-32(30)49-6)46-15-11-26(12-16-46)45-19-17-43(4)18-20-45/h8-10,13-14,21-24,26H,1,11-12,15-20H2,2-7H3,(H2,39,40,41,42). The first kappa shape index (κ1) is 35.3. The predicted octanol–water partition coefficient (Wildman–Crippen LogP) is 5.29. The fourth-order valence-electron chi connectivity index (χ4n) is 6.80. The highest BCUT2D eigenvalue weighted by Gasteiger charge is 2.29. The van der Waals surface area contributed by atoms with Crippen molar-refractivity contribution in [3.63, 3.8) is 0 Å². The molecule has 2 saturated heterocycles. The first-order chi connectivity index (χ1) is 24.0. The summed E-state index contributed by atoms with van der Waals surface area (Å²) in [5.41, 5.74) is 5.65. The van der Waals surface area contributed by atoms with E-state index in [2.05, 4.69) is 79.9 Å². The molecule has 0 spiro atoms. The van der Waals surface area contributed by atoms with Crippen LogP contribution in [-0.2, 0) is 10.0 Å². The molecule has 2 aliphatic heterocycles. The molecule has 2 aromatic carbocycles. The molecule has 0 atom stereocenters. The number of sulfonamides is 1. The summed E-state index contributed by atoms with van der Waals surface area (Å²) >= 11 is 0. The lowest BCUT2D eigenvalue weighted by Crippen LogP contribution is -2.52. The highest BCUT2D eigenvalue weighted by molar-refractivity contribution is 7.92. The second-order valence-corrected chi connectivity index (χ2v) is 15.4. The maximum Gasteiger partial charge on any atom is 0.232 e. The molecule has 266 valence electrons. The Bertz CT molecular complexity index is 1960. The monoisotopic (exact) mass is 700 g/mol. The average Bonchev–Trinajstić information content (AvgIpc) is 3.11. The van der Waals surface area contributed by atoms with Gasteiger partial charge in [-0.3, -0.25) is 19.2 Å². The molecular formula is C36H48N10O3S. The van der Waals surface area contributed by atoms with E-state index in [1.54, 1.807) is 37.7 Å². The van der Waals surface area contributed by atoms with E-state index in [-0.39, 0.29) is 5.92 Å². The Morgan fingerprint density at radius 3 is 2.38 bits per heavy atom. The van der Waals surface area contributed by atoms with E-state index >= 15 is 0 Å². The molecule has 2 aromatic heterocycles. The molecule has 0 unspecified atom stereocenters. The summed E-state index contributed by atoms with van der Waals surface area (Å²) in [6.45, 7) is 14.9. The first-order valence-corrected chi connectivity index (χ1v) is 18.9. The SMILES string of the molecule is C=Cc1cnc(Nc2cc(C(C)C)c(N3CCC(N4CCN(C)CC4)CC3)cc2OC)nc1Nc1ccc2nccnc2c1N(C)S(C)(=O)=O. The van der Waals surface area contributed by atoms with Crippen LogP contribution in [0.1, 0.15) is 43.7 Å². The van der Waals surface area contributed by atoms with Gasteiger partial charge < -0.3 is 25.2 Å². The average molecular weight is 701 g/mol. The summed E-state index contributed by atoms with van der Waals surface area (Å²) in [5.74, 6) is 1.74. The minimum absolute atomic E-state index is 0.273. The molecule has 0 aliphatic carbocycles. The van der Waals surface area contributed by atoms with E-state index in [4.69, 9.17) is 9.72 Å². The summed E-state index contributed by atoms with van der Waals surface area (Å²) in [7, 11) is 1.74. The summed E-state index contributed by atoms with van der Waals surface area (Å²) < 4.78 is 32.5. The van der Waals surface area contributed by atoms with Crippen molar-refractivity contribution in [2.45, 2.75) is 38.6 Å². The lowest BCUT2D eigenvalue weighted by atomic mass is 9.96. The molecule has 0 radical (unpaired) electrons. The van der Waals surface area contributed by atoms with Crippen LogP contribution < -0.4 is 24.6 Å². The maximum absolute atomic E-state index is 12.7. The highest BCUT2D eigenvalue weighted by Crippen LogP contribution is 2.40. The number of nitrogens with one attached hydrogen (secondary N) is 2. The van der Waals surface area contributed by atoms with Gasteiger partial charge in [-0.1, -0.05) is 26.5 Å². The third kappa shape index (κ3) is 7.47. The van der Waals surface area contributed by atoms with E-state index < -0.39 is 10.0 Å². The summed E-state index contributed by atoms with van der Waals surface area (Å²) in [6.07, 6.45) is 9.86. The quantitative estimate of drug-likeness (QED) is 0.211. The van der Waals surface area contributed by atoms with Gasteiger partial charge in [0.05, 0.1) is 30.3 Å². The zero-order chi connectivity index (χ0) is 35.6. The zero-order valence-corrected chi connectivity index (χ0v) is 30.7. The van der Waals surface area contributed by atoms with Crippen molar-refractivity contribution < 1.29 is 13.2 Å². The van der Waals surface area contributed by atoms with Crippen molar-refractivity contribution >= 4 is 61.6 Å². The summed E-state index contributed by atoms with van der Waals surface area (Å²) in [6, 6.07) is 8.46. The van der Waals surface area contributed by atoms with Gasteiger partial charge in [-0.25, -0.2) is 13.4 Å². The lowest BCUT2D eigenvalue weighted by molar-refractivity contribution is 0.0982. The van der Waals surface area contributed by atoms with E-state index in [1.807, 2.05) is 0 Å². The lowest BCUT2D eigenvalue weighted by Gasteiger charge is -2.43. The molecule has 0 saturated carbocycles. The largest absolute Gasteiger partial charge is 0.494 e. The number of piperazine rings is 1. The van der Waals surface area contributed by atoms with E-state index in [0.29, 0.717) is 51.5 Å². The minimum Gasteiger partial charge on any atom is -0.494 e. The predicted molar refractivity (Wildman–Crippen MR) is 203 cm³/mol. The number of aromatic nitrogens is 4. The molecular weight excluding hydrogens is 653 g/mol. The fraction of sp³-hybridized carbons (Fsp3) is 0.444. The van der Waals surface area contributed by atoms with Crippen LogP contribution >= 0.6 is 0 Å². The van der Waals surface area contributed by atoms with Crippen LogP contribution in [0.25, 0.3) is 17.1 Å². The number of fused-ring (bicyclic) bond motifs is 1. The van der Waals surface area contributed by atoms with Crippen molar-refractivity contribution in [1.29, 1.82) is 0 Å². The van der Waals surface area contributed by atoms with Crippen LogP contribution in [0.5, 0.6) is 5.75 Å². The minimum atomic E-state index is -3.63. The van der Waals surface area contributed by atoms with Gasteiger partial charge >= 0.3 is 0 Å². The number of nitrogens with zero attached hydrogens (tertiary/aromatic N) is 8. The number of ether oxygens (including phenoxy) is 1. The Morgan fingerprint density at radius 1 is 1.00 bits per heavy atom. The smallest absolute Gasteiger partial charge is 0.232 e. The molecule has 0 bridgehead atoms. The fourth-order valence-corrected chi connectivity index (χ4v) is 7.32. The molecule has 2 aliphatic rings. The normalized spacial score (nSPS) is 16.5. The van der Waals surface area contributed by atoms with Crippen LogP contribution in [0, 0.1) is 0 Å². The number of piperidine rings is 1. The Morgan fingerprint density at radius 2 is 1.72 bits per heavy atom. The van der Waals surface area contributed by atoms with Crippen LogP contribution in [0.15, 0.2) is 49.4 Å². The Labute approximate surface area is 295 Å². The highest BCUT2D eigenvalue weighted by atomic mass is 32.2. The topological polar surface area (TPSA) is 132 Å². The van der Waals surface area contributed by atoms with Crippen LogP contribution in [-0.4, -0.2) is 111 Å². The van der Waals surface area contributed by atoms with Gasteiger partial charge in [-0.05, 0) is 49.6 Å². The van der Waals surface area contributed by atoms with Crippen molar-refractivity contribution in [2.24, 2.45) is 0 Å². The third-order valence-electron chi connectivity index (χ3n) is 9.79. The van der Waals surface area contributed by atoms with Gasteiger partial charge in [0.15, 0.2) is 0 Å². The van der Waals surface area contributed by atoms with Crippen molar-refractivity contribution in [3.8, 4) is 5.75 Å². The molecule has 2 fully saturated rings. The molecule has 6 rings (SSSR count). The van der Waals surface area contributed by atoms with Crippen LogP contribution in [0.3, 0.4) is 0 Å². The Hall–Kier alpha value is -4.53. The molecule has 4 heterocycles. The van der Waals surface area contributed by atoms with Gasteiger partial charge in [-0.15, -0.1) is 0 Å². The third-order valence-corrected chi connectivity index (χ3v) is 11.0. The van der Waals surface area contributed by atoms with Crippen molar-refractivity contribution in [1.82, 2.24) is 29.7 Å². The van der Waals surface area contributed by atoms with E-state index in [0.717, 1.165) is 64.1 Å². The number of methoxy groups -OCH3 is 1. The number of anilines is 6. The molecule has 14 heteroatoms. The van der Waals surface area contributed by atoms with Gasteiger partial charge in [0.2, 0.25) is 16.0 Å². The molecule has 13 nitrogen and oxygen atoms in total. The summed E-state index contributed by atoms with van der Waals surface area (Å²) in [4.78, 5) is 25.8. The zero-order valence-electron chi connectivity index (χ0n) is 29.8. The molecule has 0 amide bonds. The van der Waals surface area contributed by atoms with Gasteiger partial charge in [0.1, 0.15) is 22.8 Å². The van der Waals surface area contributed by atoms with Crippen LogP contribution in [0.4, 0.5) is 34.5 Å². The molecule has 4 aromatic rings. The second-order valence-electron chi connectivity index (χ2n) is 13.4. The second kappa shape index (κ2) is 14.8. The number of hydrogen-bond acceptors (Lipinski definition) is 12. The molecule has 50 heavy (non-hydrogen) atoms.